The van der Waals surface area contributed by atoms with Crippen LogP contribution in [0.2, 0.25) is 0 Å². The third-order valence-electron chi connectivity index (χ3n) is 5.34. The van der Waals surface area contributed by atoms with E-state index in [9.17, 15) is 14.4 Å². The average molecular weight is 379 g/mol. The Bertz CT molecular complexity index is 972. The maximum Gasteiger partial charge on any atom is 0.261 e. The fourth-order valence-corrected chi connectivity index (χ4v) is 3.83. The summed E-state index contributed by atoms with van der Waals surface area (Å²) in [5.74, 6) is -0.162. The fourth-order valence-electron chi connectivity index (χ4n) is 3.83. The van der Waals surface area contributed by atoms with Gasteiger partial charge in [0.1, 0.15) is 5.75 Å². The number of nitrogens with one attached hydrogen (secondary N) is 1. The van der Waals surface area contributed by atoms with Crippen molar-refractivity contribution in [2.24, 2.45) is 0 Å². The molecule has 1 saturated heterocycles. The minimum Gasteiger partial charge on any atom is -0.496 e. The number of hydrogen-bond acceptors (Lipinski definition) is 5. The summed E-state index contributed by atoms with van der Waals surface area (Å²) in [7, 11) is 3.06. The lowest BCUT2D eigenvalue weighted by molar-refractivity contribution is 0.0630. The van der Waals surface area contributed by atoms with Crippen molar-refractivity contribution in [3.05, 3.63) is 64.7 Å². The molecule has 0 saturated carbocycles. The molecule has 0 aromatic heterocycles. The van der Waals surface area contributed by atoms with Gasteiger partial charge in [-0.2, -0.15) is 0 Å². The minimum absolute atomic E-state index is 0.171. The Kier molecular flexibility index (Phi) is 4.60. The van der Waals surface area contributed by atoms with Gasteiger partial charge in [0.15, 0.2) is 0 Å². The predicted molar refractivity (Wildman–Crippen MR) is 103 cm³/mol. The van der Waals surface area contributed by atoms with Crippen LogP contribution in [0.25, 0.3) is 0 Å². The van der Waals surface area contributed by atoms with Crippen LogP contribution in [0.3, 0.4) is 0 Å². The first-order chi connectivity index (χ1) is 13.5. The molecule has 1 unspecified atom stereocenters. The topological polar surface area (TPSA) is 79.0 Å². The molecule has 1 fully saturated rings. The summed E-state index contributed by atoms with van der Waals surface area (Å²) in [6.07, 6.45) is 0. The average Bonchev–Trinajstić information content (AvgIpc) is 2.96. The largest absolute Gasteiger partial charge is 0.496 e. The Morgan fingerprint density at radius 3 is 2.64 bits per heavy atom. The van der Waals surface area contributed by atoms with Gasteiger partial charge in [-0.05, 0) is 24.3 Å². The summed E-state index contributed by atoms with van der Waals surface area (Å²) in [6.45, 7) is 1.82. The van der Waals surface area contributed by atoms with E-state index in [4.69, 9.17) is 4.74 Å². The molecule has 4 rings (SSSR count). The summed E-state index contributed by atoms with van der Waals surface area (Å²) in [6, 6.07) is 12.2. The van der Waals surface area contributed by atoms with E-state index in [0.29, 0.717) is 30.8 Å². The van der Waals surface area contributed by atoms with Gasteiger partial charge in [0.2, 0.25) is 0 Å². The van der Waals surface area contributed by atoms with E-state index in [1.54, 1.807) is 24.1 Å². The minimum atomic E-state index is -0.378. The zero-order valence-electron chi connectivity index (χ0n) is 15.8. The Labute approximate surface area is 162 Å². The number of piperazine rings is 1. The SMILES string of the molecule is COc1ccccc1C1CNCCN1C(=O)c1ccc2c(c1)C(=O)N(C)C2=O. The van der Waals surface area contributed by atoms with Crippen molar-refractivity contribution in [3.63, 3.8) is 0 Å². The smallest absolute Gasteiger partial charge is 0.261 e. The van der Waals surface area contributed by atoms with Gasteiger partial charge in [0.05, 0.1) is 24.3 Å². The first kappa shape index (κ1) is 18.2. The first-order valence-electron chi connectivity index (χ1n) is 9.14. The van der Waals surface area contributed by atoms with Crippen molar-refractivity contribution >= 4 is 17.7 Å². The second-order valence-electron chi connectivity index (χ2n) is 6.89. The highest BCUT2D eigenvalue weighted by molar-refractivity contribution is 6.21. The first-order valence-corrected chi connectivity index (χ1v) is 9.14. The van der Waals surface area contributed by atoms with Gasteiger partial charge in [-0.15, -0.1) is 0 Å². The molecule has 7 nitrogen and oxygen atoms in total. The number of methoxy groups -OCH3 is 1. The third kappa shape index (κ3) is 2.84. The quantitative estimate of drug-likeness (QED) is 0.822. The van der Waals surface area contributed by atoms with Crippen LogP contribution >= 0.6 is 0 Å². The van der Waals surface area contributed by atoms with E-state index in [2.05, 4.69) is 5.32 Å². The number of fused-ring (bicyclic) bond motifs is 1. The van der Waals surface area contributed by atoms with E-state index >= 15 is 0 Å². The van der Waals surface area contributed by atoms with Crippen LogP contribution in [0.4, 0.5) is 0 Å². The molecule has 7 heteroatoms. The normalized spacial score (nSPS) is 19.0. The van der Waals surface area contributed by atoms with Crippen molar-refractivity contribution in [2.45, 2.75) is 6.04 Å². The zero-order valence-corrected chi connectivity index (χ0v) is 15.8. The van der Waals surface area contributed by atoms with Crippen LogP contribution < -0.4 is 10.1 Å². The molecule has 2 aromatic carbocycles. The number of rotatable bonds is 3. The second-order valence-corrected chi connectivity index (χ2v) is 6.89. The summed E-state index contributed by atoms with van der Waals surface area (Å²) in [5, 5.41) is 3.33. The van der Waals surface area contributed by atoms with Gasteiger partial charge >= 0.3 is 0 Å². The number of para-hydroxylation sites is 1. The molecule has 0 spiro atoms. The molecule has 0 bridgehead atoms. The summed E-state index contributed by atoms with van der Waals surface area (Å²) in [4.78, 5) is 40.5. The molecule has 1 atom stereocenters. The summed E-state index contributed by atoms with van der Waals surface area (Å²) >= 11 is 0. The lowest BCUT2D eigenvalue weighted by atomic mass is 9.99. The Hall–Kier alpha value is -3.19. The molecule has 2 aliphatic heterocycles. The molecule has 2 heterocycles. The zero-order chi connectivity index (χ0) is 19.8. The number of amides is 3. The molecule has 144 valence electrons. The van der Waals surface area contributed by atoms with Gasteiger partial charge < -0.3 is 15.0 Å². The third-order valence-corrected chi connectivity index (χ3v) is 5.34. The molecule has 3 amide bonds. The molecule has 0 radical (unpaired) electrons. The van der Waals surface area contributed by atoms with Crippen molar-refractivity contribution in [3.8, 4) is 5.75 Å². The highest BCUT2D eigenvalue weighted by Gasteiger charge is 2.35. The molecular formula is C21H21N3O4. The Morgan fingerprint density at radius 1 is 1.11 bits per heavy atom. The summed E-state index contributed by atoms with van der Waals surface area (Å²) in [5.41, 5.74) is 1.95. The van der Waals surface area contributed by atoms with Gasteiger partial charge in [-0.3, -0.25) is 19.3 Å². The number of carbonyl (C=O) groups excluding carboxylic acids is 3. The number of imide groups is 1. The molecule has 1 N–H and O–H groups in total. The van der Waals surface area contributed by atoms with Crippen molar-refractivity contribution in [2.75, 3.05) is 33.8 Å². The number of nitrogens with zero attached hydrogens (tertiary/aromatic N) is 2. The van der Waals surface area contributed by atoms with E-state index in [1.807, 2.05) is 24.3 Å². The molecule has 0 aliphatic carbocycles. The molecule has 2 aliphatic rings. The van der Waals surface area contributed by atoms with E-state index in [0.717, 1.165) is 16.2 Å². The van der Waals surface area contributed by atoms with Crippen LogP contribution in [0.15, 0.2) is 42.5 Å². The van der Waals surface area contributed by atoms with Crippen molar-refractivity contribution < 1.29 is 19.1 Å². The molecular weight excluding hydrogens is 358 g/mol. The maximum atomic E-state index is 13.3. The lowest BCUT2D eigenvalue weighted by Crippen LogP contribution is -2.48. The van der Waals surface area contributed by atoms with E-state index in [1.165, 1.54) is 13.1 Å². The number of ether oxygens (including phenoxy) is 1. The van der Waals surface area contributed by atoms with Gasteiger partial charge in [-0.25, -0.2) is 0 Å². The Balaban J connectivity index is 1.69. The van der Waals surface area contributed by atoms with Crippen LogP contribution in [0, 0.1) is 0 Å². The van der Waals surface area contributed by atoms with Gasteiger partial charge in [0.25, 0.3) is 17.7 Å². The standard InChI is InChI=1S/C21H21N3O4/c1-23-20(26)14-8-7-13(11-16(14)21(23)27)19(25)24-10-9-22-12-17(24)15-5-3-4-6-18(15)28-2/h3-8,11,17,22H,9-10,12H2,1-2H3. The van der Waals surface area contributed by atoms with Crippen LogP contribution in [-0.4, -0.2) is 61.3 Å². The predicted octanol–water partition coefficient (Wildman–Crippen LogP) is 1.71. The van der Waals surface area contributed by atoms with Gasteiger partial charge in [0, 0.05) is 37.8 Å². The fraction of sp³-hybridized carbons (Fsp3) is 0.286. The highest BCUT2D eigenvalue weighted by Crippen LogP contribution is 2.32. The van der Waals surface area contributed by atoms with E-state index in [-0.39, 0.29) is 29.3 Å². The molecule has 28 heavy (non-hydrogen) atoms. The van der Waals surface area contributed by atoms with Crippen LogP contribution in [-0.2, 0) is 0 Å². The number of hydrogen-bond donors (Lipinski definition) is 1. The lowest BCUT2D eigenvalue weighted by Gasteiger charge is -2.37. The summed E-state index contributed by atoms with van der Waals surface area (Å²) < 4.78 is 5.48. The van der Waals surface area contributed by atoms with Crippen LogP contribution in [0.1, 0.15) is 42.7 Å². The van der Waals surface area contributed by atoms with Crippen LogP contribution in [0.5, 0.6) is 5.75 Å². The second kappa shape index (κ2) is 7.09. The van der Waals surface area contributed by atoms with Gasteiger partial charge in [-0.1, -0.05) is 18.2 Å². The molecule has 2 aromatic rings. The van der Waals surface area contributed by atoms with E-state index < -0.39 is 0 Å². The maximum absolute atomic E-state index is 13.3. The van der Waals surface area contributed by atoms with Crippen molar-refractivity contribution in [1.29, 1.82) is 0 Å². The monoisotopic (exact) mass is 379 g/mol. The highest BCUT2D eigenvalue weighted by atomic mass is 16.5. The number of carbonyl (C=O) groups is 3. The van der Waals surface area contributed by atoms with Crippen molar-refractivity contribution in [1.82, 2.24) is 15.1 Å². The Morgan fingerprint density at radius 2 is 1.86 bits per heavy atom. The number of benzene rings is 2.